The van der Waals surface area contributed by atoms with E-state index in [2.05, 4.69) is 20.8 Å². The van der Waals surface area contributed by atoms with Crippen molar-refractivity contribution in [3.8, 4) is 5.75 Å². The van der Waals surface area contributed by atoms with Crippen LogP contribution in [-0.4, -0.2) is 17.3 Å². The zero-order valence-electron chi connectivity index (χ0n) is 10.3. The molecule has 0 aliphatic carbocycles. The minimum Gasteiger partial charge on any atom is -0.508 e. The summed E-state index contributed by atoms with van der Waals surface area (Å²) in [5, 5.41) is 9.46. The van der Waals surface area contributed by atoms with Gasteiger partial charge in [-0.2, -0.15) is 0 Å². The van der Waals surface area contributed by atoms with Gasteiger partial charge in [-0.25, -0.2) is 0 Å². The van der Waals surface area contributed by atoms with E-state index in [4.69, 9.17) is 4.74 Å². The molecule has 1 fully saturated rings. The lowest BCUT2D eigenvalue weighted by Crippen LogP contribution is -1.99. The number of ether oxygens (including phenoxy) is 1. The monoisotopic (exact) mass is 220 g/mol. The molecule has 1 aromatic rings. The van der Waals surface area contributed by atoms with E-state index in [1.807, 2.05) is 12.1 Å². The van der Waals surface area contributed by atoms with Crippen molar-refractivity contribution in [2.24, 2.45) is 0 Å². The molecule has 16 heavy (non-hydrogen) atoms. The highest BCUT2D eigenvalue weighted by Gasteiger charge is 2.36. The van der Waals surface area contributed by atoms with E-state index in [0.29, 0.717) is 18.0 Å². The lowest BCUT2D eigenvalue weighted by atomic mass is 9.97. The number of hydrogen-bond donors (Lipinski definition) is 1. The summed E-state index contributed by atoms with van der Waals surface area (Å²) in [7, 11) is 0. The standard InChI is InChI=1S/C14H20O2/c1-4-13-14(16-13)6-5-12-9(2)7-11(15)8-10(12)3/h7-8,13-15H,4-6H2,1-3H3. The number of rotatable bonds is 4. The SMILES string of the molecule is CCC1OC1CCc1c(C)cc(O)cc1C. The van der Waals surface area contributed by atoms with E-state index in [0.717, 1.165) is 19.3 Å². The highest BCUT2D eigenvalue weighted by atomic mass is 16.6. The van der Waals surface area contributed by atoms with Crippen molar-refractivity contribution >= 4 is 0 Å². The Kier molecular flexibility index (Phi) is 3.20. The summed E-state index contributed by atoms with van der Waals surface area (Å²) in [5.74, 6) is 0.368. The average Bonchev–Trinajstić information content (AvgIpc) is 2.94. The number of hydrogen-bond acceptors (Lipinski definition) is 2. The van der Waals surface area contributed by atoms with Gasteiger partial charge in [0.25, 0.3) is 0 Å². The molecule has 1 heterocycles. The van der Waals surface area contributed by atoms with E-state index >= 15 is 0 Å². The molecular formula is C14H20O2. The Bertz CT molecular complexity index is 361. The maximum atomic E-state index is 9.46. The second kappa shape index (κ2) is 4.46. The molecule has 1 N–H and O–H groups in total. The summed E-state index contributed by atoms with van der Waals surface area (Å²) in [6.07, 6.45) is 4.25. The summed E-state index contributed by atoms with van der Waals surface area (Å²) < 4.78 is 5.54. The summed E-state index contributed by atoms with van der Waals surface area (Å²) in [4.78, 5) is 0. The molecule has 88 valence electrons. The third-order valence-corrected chi connectivity index (χ3v) is 3.45. The van der Waals surface area contributed by atoms with Crippen molar-refractivity contribution in [1.82, 2.24) is 0 Å². The van der Waals surface area contributed by atoms with Crippen molar-refractivity contribution in [2.45, 2.75) is 52.2 Å². The molecule has 1 saturated heterocycles. The van der Waals surface area contributed by atoms with E-state index < -0.39 is 0 Å². The van der Waals surface area contributed by atoms with Crippen LogP contribution >= 0.6 is 0 Å². The van der Waals surface area contributed by atoms with Gasteiger partial charge in [0, 0.05) is 0 Å². The van der Waals surface area contributed by atoms with Crippen LogP contribution in [0, 0.1) is 13.8 Å². The third kappa shape index (κ3) is 2.38. The number of aromatic hydroxyl groups is 1. The Morgan fingerprint density at radius 1 is 1.19 bits per heavy atom. The minimum absolute atomic E-state index is 0.368. The van der Waals surface area contributed by atoms with Gasteiger partial charge in [-0.05, 0) is 61.9 Å². The van der Waals surface area contributed by atoms with Crippen LogP contribution in [0.25, 0.3) is 0 Å². The molecule has 2 heteroatoms. The summed E-state index contributed by atoms with van der Waals surface area (Å²) in [5.41, 5.74) is 3.74. The summed E-state index contributed by atoms with van der Waals surface area (Å²) in [6, 6.07) is 3.68. The predicted octanol–water partition coefficient (Wildman–Crippen LogP) is 3.12. The smallest absolute Gasteiger partial charge is 0.116 e. The molecule has 0 amide bonds. The van der Waals surface area contributed by atoms with Crippen LogP contribution in [0.2, 0.25) is 0 Å². The van der Waals surface area contributed by atoms with Gasteiger partial charge >= 0.3 is 0 Å². The maximum Gasteiger partial charge on any atom is 0.116 e. The zero-order chi connectivity index (χ0) is 11.7. The highest BCUT2D eigenvalue weighted by molar-refractivity contribution is 5.40. The molecule has 0 aromatic heterocycles. The van der Waals surface area contributed by atoms with Crippen LogP contribution in [0.1, 0.15) is 36.5 Å². The zero-order valence-corrected chi connectivity index (χ0v) is 10.3. The predicted molar refractivity (Wildman–Crippen MR) is 64.9 cm³/mol. The number of aryl methyl sites for hydroxylation is 2. The quantitative estimate of drug-likeness (QED) is 0.791. The topological polar surface area (TPSA) is 32.8 Å². The van der Waals surface area contributed by atoms with E-state index in [1.54, 1.807) is 0 Å². The van der Waals surface area contributed by atoms with Gasteiger partial charge in [0.2, 0.25) is 0 Å². The Labute approximate surface area is 97.3 Å². The van der Waals surface area contributed by atoms with Gasteiger partial charge in [-0.3, -0.25) is 0 Å². The molecule has 2 unspecified atom stereocenters. The fourth-order valence-electron chi connectivity index (χ4n) is 2.44. The number of epoxide rings is 1. The fourth-order valence-corrected chi connectivity index (χ4v) is 2.44. The van der Waals surface area contributed by atoms with Crippen LogP contribution in [-0.2, 0) is 11.2 Å². The molecule has 2 nitrogen and oxygen atoms in total. The van der Waals surface area contributed by atoms with E-state index in [9.17, 15) is 5.11 Å². The molecular weight excluding hydrogens is 200 g/mol. The summed E-state index contributed by atoms with van der Waals surface area (Å²) >= 11 is 0. The lowest BCUT2D eigenvalue weighted by molar-refractivity contribution is 0.359. The molecule has 2 rings (SSSR count). The van der Waals surface area contributed by atoms with Gasteiger partial charge in [-0.15, -0.1) is 0 Å². The first-order valence-electron chi connectivity index (χ1n) is 6.06. The minimum atomic E-state index is 0.368. The Balaban J connectivity index is 1.99. The first-order valence-corrected chi connectivity index (χ1v) is 6.06. The van der Waals surface area contributed by atoms with Gasteiger partial charge in [0.1, 0.15) is 5.75 Å². The van der Waals surface area contributed by atoms with Crippen LogP contribution < -0.4 is 0 Å². The second-order valence-corrected chi connectivity index (χ2v) is 4.72. The number of phenolic OH excluding ortho intramolecular Hbond substituents is 1. The third-order valence-electron chi connectivity index (χ3n) is 3.45. The Hall–Kier alpha value is -1.02. The Morgan fingerprint density at radius 3 is 2.31 bits per heavy atom. The van der Waals surface area contributed by atoms with Crippen LogP contribution in [0.3, 0.4) is 0 Å². The normalized spacial score (nSPS) is 23.4. The lowest BCUT2D eigenvalue weighted by Gasteiger charge is -2.09. The van der Waals surface area contributed by atoms with E-state index in [1.165, 1.54) is 16.7 Å². The van der Waals surface area contributed by atoms with Crippen LogP contribution in [0.4, 0.5) is 0 Å². The largest absolute Gasteiger partial charge is 0.508 e. The molecule has 0 saturated carbocycles. The van der Waals surface area contributed by atoms with Crippen molar-refractivity contribution < 1.29 is 9.84 Å². The van der Waals surface area contributed by atoms with Gasteiger partial charge in [0.05, 0.1) is 12.2 Å². The van der Waals surface area contributed by atoms with Crippen LogP contribution in [0.15, 0.2) is 12.1 Å². The van der Waals surface area contributed by atoms with Gasteiger partial charge < -0.3 is 9.84 Å². The second-order valence-electron chi connectivity index (χ2n) is 4.72. The van der Waals surface area contributed by atoms with Gasteiger partial charge in [0.15, 0.2) is 0 Å². The molecule has 0 bridgehead atoms. The molecule has 1 aliphatic rings. The number of benzene rings is 1. The first-order chi connectivity index (χ1) is 7.61. The van der Waals surface area contributed by atoms with Gasteiger partial charge in [-0.1, -0.05) is 6.92 Å². The van der Waals surface area contributed by atoms with Crippen molar-refractivity contribution in [2.75, 3.05) is 0 Å². The molecule has 0 spiro atoms. The van der Waals surface area contributed by atoms with Crippen LogP contribution in [0.5, 0.6) is 5.75 Å². The molecule has 2 atom stereocenters. The Morgan fingerprint density at radius 2 is 1.81 bits per heavy atom. The van der Waals surface area contributed by atoms with Crippen molar-refractivity contribution in [3.05, 3.63) is 28.8 Å². The van der Waals surface area contributed by atoms with Crippen molar-refractivity contribution in [1.29, 1.82) is 0 Å². The summed E-state index contributed by atoms with van der Waals surface area (Å²) in [6.45, 7) is 6.29. The molecule has 0 radical (unpaired) electrons. The fraction of sp³-hybridized carbons (Fsp3) is 0.571. The molecule has 1 aromatic carbocycles. The number of phenols is 1. The molecule has 1 aliphatic heterocycles. The first kappa shape index (κ1) is 11.5. The average molecular weight is 220 g/mol. The maximum absolute atomic E-state index is 9.46. The van der Waals surface area contributed by atoms with E-state index in [-0.39, 0.29) is 0 Å². The van der Waals surface area contributed by atoms with Crippen molar-refractivity contribution in [3.63, 3.8) is 0 Å². The highest BCUT2D eigenvalue weighted by Crippen LogP contribution is 2.30.